The molecule has 2 aliphatic rings. The van der Waals surface area contributed by atoms with Gasteiger partial charge in [-0.1, -0.05) is 44.5 Å². The lowest BCUT2D eigenvalue weighted by Crippen LogP contribution is -2.48. The van der Waals surface area contributed by atoms with Gasteiger partial charge in [0.05, 0.1) is 27.5 Å². The van der Waals surface area contributed by atoms with Gasteiger partial charge >= 0.3 is 0 Å². The van der Waals surface area contributed by atoms with Crippen molar-refractivity contribution < 1.29 is 4.79 Å². The number of nitrogens with zero attached hydrogens (tertiary/aromatic N) is 4. The first-order valence-corrected chi connectivity index (χ1v) is 9.40. The van der Waals surface area contributed by atoms with E-state index in [-0.39, 0.29) is 17.3 Å². The van der Waals surface area contributed by atoms with Crippen LogP contribution in [0.2, 0.25) is 5.02 Å². The first-order valence-electron chi connectivity index (χ1n) is 9.02. The van der Waals surface area contributed by atoms with Gasteiger partial charge in [-0.25, -0.2) is 9.97 Å². The van der Waals surface area contributed by atoms with Gasteiger partial charge in [0.15, 0.2) is 11.4 Å². The number of nitriles is 2. The van der Waals surface area contributed by atoms with E-state index in [1.807, 2.05) is 26.0 Å². The highest BCUT2D eigenvalue weighted by atomic mass is 35.5. The van der Waals surface area contributed by atoms with Gasteiger partial charge < -0.3 is 5.32 Å². The fourth-order valence-electron chi connectivity index (χ4n) is 4.93. The zero-order valence-electron chi connectivity index (χ0n) is 15.8. The number of aromatic nitrogens is 2. The molecule has 1 fully saturated rings. The van der Waals surface area contributed by atoms with Crippen LogP contribution in [-0.2, 0) is 15.6 Å². The van der Waals surface area contributed by atoms with Crippen LogP contribution in [0.1, 0.15) is 56.4 Å². The van der Waals surface area contributed by atoms with Crippen molar-refractivity contribution in [2.75, 3.05) is 5.32 Å². The molecule has 1 aromatic carbocycles. The summed E-state index contributed by atoms with van der Waals surface area (Å²) in [7, 11) is 0. The van der Waals surface area contributed by atoms with Gasteiger partial charge in [0.25, 0.3) is 0 Å². The molecule has 1 N–H and O–H groups in total. The Hall–Kier alpha value is -2.96. The maximum atomic E-state index is 13.6. The van der Waals surface area contributed by atoms with E-state index < -0.39 is 16.2 Å². The summed E-state index contributed by atoms with van der Waals surface area (Å²) in [6, 6.07) is 11.0. The molecule has 1 amide bonds. The summed E-state index contributed by atoms with van der Waals surface area (Å²) in [4.78, 5) is 22.6. The smallest absolute Gasteiger partial charge is 0.237 e. The molecule has 2 bridgehead atoms. The maximum Gasteiger partial charge on any atom is 0.237 e. The maximum absolute atomic E-state index is 13.6. The highest BCUT2D eigenvalue weighted by Gasteiger charge is 2.73. The van der Waals surface area contributed by atoms with Crippen molar-refractivity contribution in [3.05, 3.63) is 52.1 Å². The molecule has 4 rings (SSSR count). The molecule has 6 nitrogen and oxygen atoms in total. The van der Waals surface area contributed by atoms with E-state index >= 15 is 0 Å². The number of rotatable bonds is 2. The molecule has 0 saturated heterocycles. The fourth-order valence-corrected chi connectivity index (χ4v) is 5.12. The minimum atomic E-state index is -0.956. The number of carbonyl (C=O) groups is 1. The standard InChI is InChI=1S/C21H18ClN5O/c1-19(2)20(3)8-9-21(19,18(28)27-13-7-5-4-6-12(13)22)17-16(20)25-14(10-23)15(11-24)26-17/h4-7H,8-9H2,1-3H3,(H,27,28). The lowest BCUT2D eigenvalue weighted by atomic mass is 9.63. The third-order valence-electron chi connectivity index (χ3n) is 6.99. The van der Waals surface area contributed by atoms with Crippen molar-refractivity contribution in [1.82, 2.24) is 9.97 Å². The van der Waals surface area contributed by atoms with E-state index in [1.54, 1.807) is 24.3 Å². The number of fused-ring (bicyclic) bond motifs is 5. The average Bonchev–Trinajstić information content (AvgIpc) is 2.98. The van der Waals surface area contributed by atoms with E-state index in [4.69, 9.17) is 11.6 Å². The Labute approximate surface area is 168 Å². The van der Waals surface area contributed by atoms with Gasteiger partial charge in [0.1, 0.15) is 12.1 Å². The SMILES string of the molecule is CC12CCC(C(=O)Nc3ccccc3Cl)(c3nc(C#N)c(C#N)nc31)C2(C)C. The molecule has 1 aromatic heterocycles. The Balaban J connectivity index is 1.93. The van der Waals surface area contributed by atoms with Crippen LogP contribution in [0.5, 0.6) is 0 Å². The number of benzene rings is 1. The van der Waals surface area contributed by atoms with Gasteiger partial charge in [-0.2, -0.15) is 10.5 Å². The van der Waals surface area contributed by atoms with Crippen LogP contribution in [-0.4, -0.2) is 15.9 Å². The second kappa shape index (κ2) is 5.77. The van der Waals surface area contributed by atoms with E-state index in [2.05, 4.69) is 22.2 Å². The van der Waals surface area contributed by atoms with Crippen LogP contribution < -0.4 is 5.32 Å². The van der Waals surface area contributed by atoms with Crippen molar-refractivity contribution >= 4 is 23.2 Å². The molecule has 0 spiro atoms. The number of nitrogens with one attached hydrogen (secondary N) is 1. The minimum absolute atomic E-state index is 0.00693. The second-order valence-electron chi connectivity index (χ2n) is 8.14. The van der Waals surface area contributed by atoms with Crippen LogP contribution in [0.3, 0.4) is 0 Å². The van der Waals surface area contributed by atoms with Crippen LogP contribution >= 0.6 is 11.6 Å². The van der Waals surface area contributed by atoms with Crippen LogP contribution in [0.15, 0.2) is 24.3 Å². The Bertz CT molecular complexity index is 1110. The van der Waals surface area contributed by atoms with Crippen molar-refractivity contribution in [2.24, 2.45) is 5.41 Å². The average molecular weight is 392 g/mol. The van der Waals surface area contributed by atoms with E-state index in [1.165, 1.54) is 0 Å². The van der Waals surface area contributed by atoms with Crippen LogP contribution in [0.4, 0.5) is 5.69 Å². The number of carbonyl (C=O) groups excluding carboxylic acids is 1. The summed E-state index contributed by atoms with van der Waals surface area (Å²) in [6.07, 6.45) is 1.33. The lowest BCUT2D eigenvalue weighted by Gasteiger charge is -2.39. The molecule has 2 unspecified atom stereocenters. The van der Waals surface area contributed by atoms with Crippen molar-refractivity contribution in [3.63, 3.8) is 0 Å². The first kappa shape index (κ1) is 18.4. The lowest BCUT2D eigenvalue weighted by molar-refractivity contribution is -0.125. The number of para-hydroxylation sites is 1. The molecular formula is C21H18ClN5O. The molecular weight excluding hydrogens is 374 g/mol. The molecule has 0 radical (unpaired) electrons. The van der Waals surface area contributed by atoms with Gasteiger partial charge in [-0.3, -0.25) is 4.79 Å². The number of anilines is 1. The molecule has 2 atom stereocenters. The van der Waals surface area contributed by atoms with E-state index in [0.717, 1.165) is 6.42 Å². The molecule has 2 aromatic rings. The molecule has 140 valence electrons. The Morgan fingerprint density at radius 1 is 1.07 bits per heavy atom. The van der Waals surface area contributed by atoms with E-state index in [9.17, 15) is 15.3 Å². The number of halogens is 1. The van der Waals surface area contributed by atoms with Crippen molar-refractivity contribution in [1.29, 1.82) is 10.5 Å². The summed E-state index contributed by atoms with van der Waals surface area (Å²) in [5, 5.41) is 22.2. The predicted molar refractivity (Wildman–Crippen MR) is 104 cm³/mol. The summed E-state index contributed by atoms with van der Waals surface area (Å²) in [5.41, 5.74) is -0.238. The zero-order chi connectivity index (χ0) is 20.3. The Kier molecular flexibility index (Phi) is 3.79. The molecule has 7 heteroatoms. The molecule has 1 saturated carbocycles. The highest BCUT2D eigenvalue weighted by Crippen LogP contribution is 2.70. The summed E-state index contributed by atoms with van der Waals surface area (Å²) in [5.74, 6) is -0.212. The zero-order valence-corrected chi connectivity index (χ0v) is 16.6. The third kappa shape index (κ3) is 1.99. The molecule has 1 heterocycles. The summed E-state index contributed by atoms with van der Waals surface area (Å²) in [6.45, 7) is 6.13. The first-order chi connectivity index (χ1) is 13.2. The number of hydrogen-bond donors (Lipinski definition) is 1. The van der Waals surface area contributed by atoms with E-state index in [0.29, 0.717) is 28.5 Å². The normalized spacial score (nSPS) is 26.2. The second-order valence-corrected chi connectivity index (χ2v) is 8.55. The van der Waals surface area contributed by atoms with Gasteiger partial charge in [0, 0.05) is 5.41 Å². The highest BCUT2D eigenvalue weighted by molar-refractivity contribution is 6.33. The quantitative estimate of drug-likeness (QED) is 0.837. The monoisotopic (exact) mass is 391 g/mol. The fraction of sp³-hybridized carbons (Fsp3) is 0.381. The molecule has 28 heavy (non-hydrogen) atoms. The van der Waals surface area contributed by atoms with Crippen molar-refractivity contribution in [3.8, 4) is 12.1 Å². The summed E-state index contributed by atoms with van der Waals surface area (Å²) >= 11 is 6.24. The van der Waals surface area contributed by atoms with Gasteiger partial charge in [-0.15, -0.1) is 0 Å². The number of hydrogen-bond acceptors (Lipinski definition) is 5. The van der Waals surface area contributed by atoms with Gasteiger partial charge in [0.2, 0.25) is 5.91 Å². The Morgan fingerprint density at radius 2 is 1.68 bits per heavy atom. The molecule has 0 aliphatic heterocycles. The largest absolute Gasteiger partial charge is 0.324 e. The predicted octanol–water partition coefficient (Wildman–Crippen LogP) is 3.84. The third-order valence-corrected chi connectivity index (χ3v) is 7.32. The topological polar surface area (TPSA) is 102 Å². The summed E-state index contributed by atoms with van der Waals surface area (Å²) < 4.78 is 0. The molecule has 2 aliphatic carbocycles. The minimum Gasteiger partial charge on any atom is -0.324 e. The van der Waals surface area contributed by atoms with Crippen molar-refractivity contribution in [2.45, 2.75) is 44.4 Å². The Morgan fingerprint density at radius 3 is 2.29 bits per heavy atom. The number of amides is 1. The van der Waals surface area contributed by atoms with Crippen LogP contribution in [0, 0.1) is 28.1 Å². The van der Waals surface area contributed by atoms with Gasteiger partial charge in [-0.05, 0) is 30.4 Å². The van der Waals surface area contributed by atoms with Crippen LogP contribution in [0.25, 0.3) is 0 Å².